The van der Waals surface area contributed by atoms with Crippen LogP contribution in [0, 0.1) is 0 Å². The molecule has 0 fully saturated rings. The Kier molecular flexibility index (Phi) is 5.91. The molecule has 0 amide bonds. The monoisotopic (exact) mass is 419 g/mol. The summed E-state index contributed by atoms with van der Waals surface area (Å²) in [4.78, 5) is 24.5. The number of halogens is 2. The van der Waals surface area contributed by atoms with Gasteiger partial charge >= 0.3 is 5.97 Å². The Morgan fingerprint density at radius 3 is 2.43 bits per heavy atom. The van der Waals surface area contributed by atoms with E-state index in [1.54, 1.807) is 22.9 Å². The zero-order valence-corrected chi connectivity index (χ0v) is 17.0. The van der Waals surface area contributed by atoms with Crippen LogP contribution in [0.25, 0.3) is 11.3 Å². The average molecular weight is 420 g/mol. The molecule has 0 aliphatic heterocycles. The number of carbonyl (C=O) groups is 1. The Balaban J connectivity index is 2.25. The zero-order valence-electron chi connectivity index (χ0n) is 15.4. The van der Waals surface area contributed by atoms with Crippen molar-refractivity contribution in [1.29, 1.82) is 0 Å². The summed E-state index contributed by atoms with van der Waals surface area (Å²) in [5, 5.41) is 14.8. The van der Waals surface area contributed by atoms with Crippen LogP contribution >= 0.6 is 23.2 Å². The van der Waals surface area contributed by atoms with Crippen LogP contribution in [0.3, 0.4) is 0 Å². The van der Waals surface area contributed by atoms with E-state index in [2.05, 4.69) is 5.10 Å². The summed E-state index contributed by atoms with van der Waals surface area (Å²) in [6.07, 6.45) is 2.28. The van der Waals surface area contributed by atoms with Gasteiger partial charge < -0.3 is 9.67 Å². The molecule has 0 unspecified atom stereocenters. The molecule has 2 heterocycles. The second kappa shape index (κ2) is 8.20. The SMILES string of the molecule is CCn1ccc(Cc2cc(=O)c(C(=O)O)c(-c3ccc(Cl)c(Cl)c3)n2CC)n1. The number of benzene rings is 1. The summed E-state index contributed by atoms with van der Waals surface area (Å²) in [5.41, 5.74) is 1.47. The van der Waals surface area contributed by atoms with Crippen molar-refractivity contribution in [1.82, 2.24) is 14.3 Å². The number of rotatable bonds is 6. The number of carboxylic acid groups (broad SMARTS) is 1. The lowest BCUT2D eigenvalue weighted by atomic mass is 10.0. The first-order valence-corrected chi connectivity index (χ1v) is 9.59. The number of pyridine rings is 1. The summed E-state index contributed by atoms with van der Waals surface area (Å²) in [7, 11) is 0. The highest BCUT2D eigenvalue weighted by molar-refractivity contribution is 6.42. The predicted octanol–water partition coefficient (Wildman–Crippen LogP) is 4.35. The summed E-state index contributed by atoms with van der Waals surface area (Å²) in [6, 6.07) is 8.09. The largest absolute Gasteiger partial charge is 0.477 e. The number of carboxylic acids is 1. The quantitative estimate of drug-likeness (QED) is 0.644. The van der Waals surface area contributed by atoms with Gasteiger partial charge in [0.15, 0.2) is 5.43 Å². The number of aryl methyl sites for hydroxylation is 1. The van der Waals surface area contributed by atoms with Crippen LogP contribution in [-0.2, 0) is 19.5 Å². The van der Waals surface area contributed by atoms with Crippen molar-refractivity contribution >= 4 is 29.2 Å². The van der Waals surface area contributed by atoms with E-state index in [0.717, 1.165) is 12.2 Å². The van der Waals surface area contributed by atoms with E-state index in [4.69, 9.17) is 23.2 Å². The van der Waals surface area contributed by atoms with E-state index in [0.29, 0.717) is 34.9 Å². The Morgan fingerprint density at radius 2 is 1.86 bits per heavy atom. The molecule has 0 aliphatic carbocycles. The first kappa shape index (κ1) is 20.2. The standard InChI is InChI=1S/C20H19Cl2N3O3/c1-3-24-8-7-13(23-24)10-14-11-17(26)18(20(27)28)19(25(14)4-2)12-5-6-15(21)16(22)9-12/h5-9,11H,3-4,10H2,1-2H3,(H,27,28). The molecule has 2 aromatic heterocycles. The summed E-state index contributed by atoms with van der Waals surface area (Å²) < 4.78 is 3.62. The second-order valence-corrected chi connectivity index (χ2v) is 7.06. The molecular formula is C20H19Cl2N3O3. The smallest absolute Gasteiger partial charge is 0.341 e. The fourth-order valence-electron chi connectivity index (χ4n) is 3.21. The lowest BCUT2D eigenvalue weighted by molar-refractivity contribution is 0.0695. The third-order valence-electron chi connectivity index (χ3n) is 4.50. The molecule has 6 nitrogen and oxygen atoms in total. The van der Waals surface area contributed by atoms with Crippen LogP contribution in [0.15, 0.2) is 41.3 Å². The minimum Gasteiger partial charge on any atom is -0.477 e. The van der Waals surface area contributed by atoms with Crippen molar-refractivity contribution in [2.45, 2.75) is 33.4 Å². The molecular weight excluding hydrogens is 401 g/mol. The maximum atomic E-state index is 12.7. The van der Waals surface area contributed by atoms with Gasteiger partial charge in [-0.1, -0.05) is 29.3 Å². The molecule has 1 aromatic carbocycles. The minimum atomic E-state index is -1.28. The Labute approximate surface area is 171 Å². The lowest BCUT2D eigenvalue weighted by Crippen LogP contribution is -2.23. The van der Waals surface area contributed by atoms with Crippen LogP contribution in [0.4, 0.5) is 0 Å². The molecule has 0 saturated heterocycles. The van der Waals surface area contributed by atoms with E-state index < -0.39 is 11.4 Å². The minimum absolute atomic E-state index is 0.289. The van der Waals surface area contributed by atoms with Crippen LogP contribution in [0.2, 0.25) is 10.0 Å². The Bertz CT molecular complexity index is 1100. The summed E-state index contributed by atoms with van der Waals surface area (Å²) >= 11 is 12.1. The van der Waals surface area contributed by atoms with Crippen molar-refractivity contribution in [2.75, 3.05) is 0 Å². The molecule has 0 atom stereocenters. The average Bonchev–Trinajstić information content (AvgIpc) is 3.10. The van der Waals surface area contributed by atoms with Gasteiger partial charge in [-0.05, 0) is 32.0 Å². The first-order valence-electron chi connectivity index (χ1n) is 8.83. The molecule has 1 N–H and O–H groups in total. The van der Waals surface area contributed by atoms with Crippen molar-refractivity contribution < 1.29 is 9.90 Å². The van der Waals surface area contributed by atoms with E-state index in [1.807, 2.05) is 30.7 Å². The highest BCUT2D eigenvalue weighted by atomic mass is 35.5. The number of hydrogen-bond donors (Lipinski definition) is 1. The fraction of sp³-hybridized carbons (Fsp3) is 0.250. The highest BCUT2D eigenvalue weighted by Gasteiger charge is 2.22. The molecule has 0 aliphatic rings. The van der Waals surface area contributed by atoms with Gasteiger partial charge in [-0.15, -0.1) is 0 Å². The third kappa shape index (κ3) is 3.84. The van der Waals surface area contributed by atoms with Gasteiger partial charge in [0.05, 0.1) is 21.4 Å². The molecule has 8 heteroatoms. The molecule has 0 spiro atoms. The van der Waals surface area contributed by atoms with Gasteiger partial charge in [0, 0.05) is 43.0 Å². The van der Waals surface area contributed by atoms with Gasteiger partial charge in [0.25, 0.3) is 0 Å². The predicted molar refractivity (Wildman–Crippen MR) is 109 cm³/mol. The summed E-state index contributed by atoms with van der Waals surface area (Å²) in [5.74, 6) is -1.28. The molecule has 3 rings (SSSR count). The maximum absolute atomic E-state index is 12.7. The van der Waals surface area contributed by atoms with E-state index >= 15 is 0 Å². The topological polar surface area (TPSA) is 77.1 Å². The molecule has 0 bridgehead atoms. The zero-order chi connectivity index (χ0) is 20.4. The van der Waals surface area contributed by atoms with Crippen LogP contribution in [0.1, 0.15) is 35.6 Å². The highest BCUT2D eigenvalue weighted by Crippen LogP contribution is 2.30. The van der Waals surface area contributed by atoms with Crippen molar-refractivity contribution in [3.05, 3.63) is 73.7 Å². The first-order chi connectivity index (χ1) is 13.3. The van der Waals surface area contributed by atoms with E-state index in [1.165, 1.54) is 6.07 Å². The lowest BCUT2D eigenvalue weighted by Gasteiger charge is -2.19. The van der Waals surface area contributed by atoms with Crippen molar-refractivity contribution in [3.63, 3.8) is 0 Å². The Hall–Kier alpha value is -2.57. The van der Waals surface area contributed by atoms with E-state index in [-0.39, 0.29) is 10.6 Å². The van der Waals surface area contributed by atoms with Gasteiger partial charge in [-0.2, -0.15) is 5.10 Å². The number of hydrogen-bond acceptors (Lipinski definition) is 3. The van der Waals surface area contributed by atoms with Crippen molar-refractivity contribution in [2.24, 2.45) is 0 Å². The normalized spacial score (nSPS) is 11.0. The molecule has 28 heavy (non-hydrogen) atoms. The van der Waals surface area contributed by atoms with E-state index in [9.17, 15) is 14.7 Å². The summed E-state index contributed by atoms with van der Waals surface area (Å²) in [6.45, 7) is 5.10. The van der Waals surface area contributed by atoms with Gasteiger partial charge in [-0.25, -0.2) is 4.79 Å². The molecule has 0 saturated carbocycles. The molecule has 3 aromatic rings. The van der Waals surface area contributed by atoms with Gasteiger partial charge in [-0.3, -0.25) is 9.48 Å². The Morgan fingerprint density at radius 1 is 1.11 bits per heavy atom. The molecule has 146 valence electrons. The number of nitrogens with zero attached hydrogens (tertiary/aromatic N) is 3. The second-order valence-electron chi connectivity index (χ2n) is 6.24. The van der Waals surface area contributed by atoms with Crippen molar-refractivity contribution in [3.8, 4) is 11.3 Å². The van der Waals surface area contributed by atoms with Crippen LogP contribution in [0.5, 0.6) is 0 Å². The van der Waals surface area contributed by atoms with Crippen LogP contribution in [-0.4, -0.2) is 25.4 Å². The fourth-order valence-corrected chi connectivity index (χ4v) is 3.51. The number of aromatic carboxylic acids is 1. The molecule has 0 radical (unpaired) electrons. The number of aromatic nitrogens is 3. The van der Waals surface area contributed by atoms with Gasteiger partial charge in [0.2, 0.25) is 0 Å². The third-order valence-corrected chi connectivity index (χ3v) is 5.24. The maximum Gasteiger partial charge on any atom is 0.341 e. The van der Waals surface area contributed by atoms with Gasteiger partial charge in [0.1, 0.15) is 5.56 Å². The van der Waals surface area contributed by atoms with Crippen LogP contribution < -0.4 is 5.43 Å².